The van der Waals surface area contributed by atoms with Gasteiger partial charge in [-0.3, -0.25) is 9.59 Å². The molecule has 3 atom stereocenters. The smallest absolute Gasteiger partial charge is 0.333 e. The number of hydrogen-bond acceptors (Lipinski definition) is 8. The van der Waals surface area contributed by atoms with Gasteiger partial charge < -0.3 is 43.2 Å². The number of benzene rings is 1. The van der Waals surface area contributed by atoms with Crippen molar-refractivity contribution in [3.8, 4) is 0 Å². The van der Waals surface area contributed by atoms with Gasteiger partial charge in [0.05, 0.1) is 81.3 Å². The standard InChI is InChI=1S/C28H54N3O6.C17H24NO2/c1-22(2)27(34)13-10-11-15-30(6,7)17-25(32)20-36-19-24(5)37-21-26(33)18-31(8,9)16-12-14-29-28(35)23(3)4;1-6-15-7-9-16(10-8-15)13-18(4,5)11-12-20-17(19)14(2)3/h24-26,32-33H,1,3,10-21H2,2,4-9H3;6-10H,1-2,11-13H2,3-5H3/q2*+1/p+1. The topological polar surface area (TPSA) is 131 Å². The Kier molecular flexibility index (Phi) is 25.6. The molecule has 1 rings (SSSR count). The summed E-state index contributed by atoms with van der Waals surface area (Å²) < 4.78 is 18.6. The number of Topliss-reactive ketones (excluding diaryl/α,β-unsaturated/α-hetero) is 1. The number of hydrogen-bond donors (Lipinski definition) is 3. The van der Waals surface area contributed by atoms with E-state index < -0.39 is 12.2 Å². The number of allylic oxidation sites excluding steroid dienone is 1. The van der Waals surface area contributed by atoms with Crippen molar-refractivity contribution in [2.45, 2.75) is 78.2 Å². The summed E-state index contributed by atoms with van der Waals surface area (Å²) in [7, 11) is 12.5. The van der Waals surface area contributed by atoms with Crippen molar-refractivity contribution in [2.75, 3.05) is 108 Å². The van der Waals surface area contributed by atoms with Crippen LogP contribution < -0.4 is 5.32 Å². The van der Waals surface area contributed by atoms with Crippen LogP contribution in [0.3, 0.4) is 0 Å². The predicted octanol–water partition coefficient (Wildman–Crippen LogP) is 4.71. The fourth-order valence-electron chi connectivity index (χ4n) is 5.86. The second-order valence-corrected chi connectivity index (χ2v) is 17.4. The second-order valence-electron chi connectivity index (χ2n) is 17.4. The van der Waals surface area contributed by atoms with E-state index in [0.29, 0.717) is 65.0 Å². The zero-order chi connectivity index (χ0) is 43.8. The predicted molar refractivity (Wildman–Crippen MR) is 231 cm³/mol. The van der Waals surface area contributed by atoms with Gasteiger partial charge in [-0.05, 0) is 51.7 Å². The van der Waals surface area contributed by atoms with E-state index in [4.69, 9.17) is 14.2 Å². The molecule has 1 aromatic carbocycles. The third-order valence-electron chi connectivity index (χ3n) is 9.26. The highest BCUT2D eigenvalue weighted by Crippen LogP contribution is 2.12. The molecule has 1 aromatic rings. The van der Waals surface area contributed by atoms with Crippen molar-refractivity contribution < 1.29 is 52.3 Å². The molecule has 57 heavy (non-hydrogen) atoms. The molecule has 0 spiro atoms. The van der Waals surface area contributed by atoms with Gasteiger partial charge >= 0.3 is 5.97 Å². The van der Waals surface area contributed by atoms with Gasteiger partial charge in [0.25, 0.3) is 0 Å². The van der Waals surface area contributed by atoms with Gasteiger partial charge in [0.1, 0.15) is 45.0 Å². The average Bonchev–Trinajstić information content (AvgIpc) is 3.10. The molecule has 0 fully saturated rings. The maximum absolute atomic E-state index is 11.6. The Morgan fingerprint density at radius 2 is 1.32 bits per heavy atom. The van der Waals surface area contributed by atoms with E-state index in [1.54, 1.807) is 20.8 Å². The van der Waals surface area contributed by atoms with Crippen molar-refractivity contribution in [2.24, 2.45) is 0 Å². The van der Waals surface area contributed by atoms with Crippen LogP contribution >= 0.6 is 0 Å². The first-order chi connectivity index (χ1) is 26.4. The molecule has 0 aromatic heterocycles. The summed E-state index contributed by atoms with van der Waals surface area (Å²) in [6.07, 6.45) is 3.48. The minimum atomic E-state index is -0.614. The third-order valence-corrected chi connectivity index (χ3v) is 9.26. The first kappa shape index (κ1) is 53.5. The Hall–Kier alpha value is -3.49. The minimum absolute atomic E-state index is 0.117. The summed E-state index contributed by atoms with van der Waals surface area (Å²) in [5.74, 6) is -0.332. The lowest BCUT2D eigenvalue weighted by molar-refractivity contribution is -0.903. The van der Waals surface area contributed by atoms with Gasteiger partial charge in [0.15, 0.2) is 5.78 Å². The quantitative estimate of drug-likeness (QED) is 0.0460. The Bertz CT molecular complexity index is 1420. The average molecular weight is 804 g/mol. The Morgan fingerprint density at radius 1 is 0.754 bits per heavy atom. The molecule has 12 heteroatoms. The molecule has 0 bridgehead atoms. The number of nitrogens with one attached hydrogen (secondary N) is 1. The number of aliphatic hydroxyl groups excluding tert-OH is 2. The lowest BCUT2D eigenvalue weighted by Gasteiger charge is -2.32. The normalized spacial score (nSPS) is 13.3. The van der Waals surface area contributed by atoms with E-state index in [9.17, 15) is 24.6 Å². The summed E-state index contributed by atoms with van der Waals surface area (Å²) in [6.45, 7) is 27.8. The van der Waals surface area contributed by atoms with Crippen LogP contribution in [0.15, 0.2) is 67.3 Å². The van der Waals surface area contributed by atoms with E-state index in [1.165, 1.54) is 5.56 Å². The van der Waals surface area contributed by atoms with Gasteiger partial charge in [0, 0.05) is 36.1 Å². The van der Waals surface area contributed by atoms with Crippen LogP contribution in [0.5, 0.6) is 0 Å². The fourth-order valence-corrected chi connectivity index (χ4v) is 5.86. The molecule has 324 valence electrons. The monoisotopic (exact) mass is 804 g/mol. The number of carbonyl (C=O) groups is 3. The molecule has 3 N–H and O–H groups in total. The lowest BCUT2D eigenvalue weighted by atomic mass is 10.1. The van der Waals surface area contributed by atoms with Crippen molar-refractivity contribution >= 4 is 23.7 Å². The van der Waals surface area contributed by atoms with Crippen LogP contribution in [0, 0.1) is 0 Å². The maximum Gasteiger partial charge on any atom is 0.333 e. The molecule has 0 saturated heterocycles. The van der Waals surface area contributed by atoms with E-state index >= 15 is 0 Å². The number of carbonyl (C=O) groups excluding carboxylic acids is 3. The van der Waals surface area contributed by atoms with Gasteiger partial charge in [0.2, 0.25) is 5.91 Å². The number of amides is 1. The number of aliphatic hydroxyl groups is 2. The van der Waals surface area contributed by atoms with E-state index in [2.05, 4.69) is 84.1 Å². The molecular formula is C45H79N4O8+3. The summed E-state index contributed by atoms with van der Waals surface area (Å²) in [5.41, 5.74) is 3.92. The van der Waals surface area contributed by atoms with Crippen LogP contribution in [0.1, 0.15) is 64.5 Å². The number of likely N-dealkylation sites (N-methyl/N-ethyl adjacent to an activating group) is 3. The van der Waals surface area contributed by atoms with Crippen LogP contribution in [0.25, 0.3) is 6.08 Å². The summed E-state index contributed by atoms with van der Waals surface area (Å²) in [5, 5.41) is 23.6. The van der Waals surface area contributed by atoms with E-state index in [-0.39, 0.29) is 37.0 Å². The highest BCUT2D eigenvalue weighted by molar-refractivity contribution is 5.94. The molecule has 12 nitrogen and oxygen atoms in total. The maximum atomic E-state index is 11.6. The summed E-state index contributed by atoms with van der Waals surface area (Å²) >= 11 is 0. The highest BCUT2D eigenvalue weighted by Gasteiger charge is 2.23. The third kappa shape index (κ3) is 27.7. The molecule has 0 aliphatic carbocycles. The number of unbranched alkanes of at least 4 members (excludes halogenated alkanes) is 1. The fraction of sp³-hybridized carbons (Fsp3) is 0.622. The van der Waals surface area contributed by atoms with Crippen LogP contribution in [-0.4, -0.2) is 168 Å². The number of nitrogens with zero attached hydrogens (tertiary/aromatic N) is 3. The van der Waals surface area contributed by atoms with Crippen molar-refractivity contribution in [1.29, 1.82) is 0 Å². The molecule has 0 heterocycles. The van der Waals surface area contributed by atoms with Crippen LogP contribution in [0.2, 0.25) is 0 Å². The number of quaternary nitrogens is 3. The Labute approximate surface area is 345 Å². The van der Waals surface area contributed by atoms with Gasteiger partial charge in [-0.15, -0.1) is 0 Å². The summed E-state index contributed by atoms with van der Waals surface area (Å²) in [4.78, 5) is 34.5. The molecule has 1 amide bonds. The first-order valence-electron chi connectivity index (χ1n) is 20.1. The SMILES string of the molecule is C=C(C)C(=O)CCCC[N+](C)(C)CC(O)COCC(C)OCC(O)C[N+](C)(C)CCCNC(=O)C(=C)C.C=Cc1ccc(C[N+](C)(C)CCOC(=O)C(=C)C)cc1. The van der Waals surface area contributed by atoms with E-state index in [0.717, 1.165) is 55.5 Å². The van der Waals surface area contributed by atoms with Gasteiger partial charge in [-0.2, -0.15) is 0 Å². The zero-order valence-corrected chi connectivity index (χ0v) is 37.2. The lowest BCUT2D eigenvalue weighted by Crippen LogP contribution is -2.48. The van der Waals surface area contributed by atoms with Crippen molar-refractivity contribution in [3.05, 3.63) is 78.4 Å². The van der Waals surface area contributed by atoms with Crippen LogP contribution in [0.4, 0.5) is 0 Å². The number of ether oxygens (including phenoxy) is 3. The van der Waals surface area contributed by atoms with Gasteiger partial charge in [-0.1, -0.05) is 56.7 Å². The number of esters is 1. The molecule has 0 radical (unpaired) electrons. The molecule has 3 unspecified atom stereocenters. The molecular weight excluding hydrogens is 725 g/mol. The van der Waals surface area contributed by atoms with Gasteiger partial charge in [-0.25, -0.2) is 4.79 Å². The largest absolute Gasteiger partial charge is 0.456 e. The second kappa shape index (κ2) is 27.2. The minimum Gasteiger partial charge on any atom is -0.456 e. The number of ketones is 1. The van der Waals surface area contributed by atoms with Crippen LogP contribution in [-0.2, 0) is 35.1 Å². The summed E-state index contributed by atoms with van der Waals surface area (Å²) in [6, 6.07) is 8.33. The zero-order valence-electron chi connectivity index (χ0n) is 37.2. The first-order valence-corrected chi connectivity index (χ1v) is 20.1. The Balaban J connectivity index is 0.00000131. The van der Waals surface area contributed by atoms with Crippen molar-refractivity contribution in [1.82, 2.24) is 5.32 Å². The molecule has 0 aliphatic rings. The molecule has 0 aliphatic heterocycles. The van der Waals surface area contributed by atoms with E-state index in [1.807, 2.05) is 27.1 Å². The highest BCUT2D eigenvalue weighted by atomic mass is 16.5. The Morgan fingerprint density at radius 3 is 1.84 bits per heavy atom. The molecule has 0 saturated carbocycles. The van der Waals surface area contributed by atoms with Crippen molar-refractivity contribution in [3.63, 3.8) is 0 Å². The number of rotatable bonds is 29.